The fourth-order valence-electron chi connectivity index (χ4n) is 1.38. The second-order valence-electron chi connectivity index (χ2n) is 4.18. The molecule has 3 N–H and O–H groups in total. The molecule has 0 aromatic rings. The Morgan fingerprint density at radius 3 is 2.06 bits per heavy atom. The zero-order chi connectivity index (χ0) is 13.7. The van der Waals surface area contributed by atoms with E-state index in [-0.39, 0.29) is 25.2 Å². The van der Waals surface area contributed by atoms with Gasteiger partial charge in [-0.1, -0.05) is 0 Å². The van der Waals surface area contributed by atoms with Gasteiger partial charge in [-0.25, -0.2) is 26.3 Å². The molecule has 0 fully saturated rings. The smallest absolute Gasteiger partial charge is 0.211 e. The van der Waals surface area contributed by atoms with E-state index < -0.39 is 25.6 Å². The summed E-state index contributed by atoms with van der Waals surface area (Å²) in [5, 5.41) is 8.89. The number of nitrogens with one attached hydrogen (secondary N) is 2. The summed E-state index contributed by atoms with van der Waals surface area (Å²) in [5.41, 5.74) is -0.966. The fourth-order valence-corrected chi connectivity index (χ4v) is 3.41. The van der Waals surface area contributed by atoms with Gasteiger partial charge in [0.15, 0.2) is 0 Å². The van der Waals surface area contributed by atoms with Gasteiger partial charge in [-0.05, 0) is 26.8 Å². The van der Waals surface area contributed by atoms with Crippen LogP contribution in [0.4, 0.5) is 0 Å². The average molecular weight is 288 g/mol. The first-order valence-electron chi connectivity index (χ1n) is 5.05. The second-order valence-corrected chi connectivity index (χ2v) is 7.98. The molecular weight excluding hydrogens is 268 g/mol. The van der Waals surface area contributed by atoms with E-state index in [0.717, 1.165) is 6.26 Å². The van der Waals surface area contributed by atoms with Crippen molar-refractivity contribution in [1.82, 2.24) is 9.44 Å². The van der Waals surface area contributed by atoms with E-state index >= 15 is 0 Å². The van der Waals surface area contributed by atoms with Crippen molar-refractivity contribution < 1.29 is 21.9 Å². The largest absolute Gasteiger partial charge is 0.396 e. The first-order valence-corrected chi connectivity index (χ1v) is 8.59. The number of aliphatic hydroxyl groups is 1. The lowest BCUT2D eigenvalue weighted by Gasteiger charge is -2.29. The number of hydrogen-bond donors (Lipinski definition) is 3. The van der Waals surface area contributed by atoms with Gasteiger partial charge in [0.1, 0.15) is 0 Å². The van der Waals surface area contributed by atoms with E-state index in [9.17, 15) is 16.8 Å². The van der Waals surface area contributed by atoms with E-state index in [2.05, 4.69) is 9.44 Å². The summed E-state index contributed by atoms with van der Waals surface area (Å²) >= 11 is 0. The van der Waals surface area contributed by atoms with Crippen LogP contribution in [0.3, 0.4) is 0 Å². The van der Waals surface area contributed by atoms with E-state index in [0.29, 0.717) is 0 Å². The maximum Gasteiger partial charge on any atom is 0.211 e. The first kappa shape index (κ1) is 16.8. The normalized spacial score (nSPS) is 16.7. The van der Waals surface area contributed by atoms with E-state index in [4.69, 9.17) is 5.11 Å². The third kappa shape index (κ3) is 7.66. The Morgan fingerprint density at radius 2 is 1.71 bits per heavy atom. The molecule has 0 spiro atoms. The minimum absolute atomic E-state index is 0.0871. The van der Waals surface area contributed by atoms with Crippen LogP contribution >= 0.6 is 0 Å². The summed E-state index contributed by atoms with van der Waals surface area (Å²) in [7, 11) is -5.55. The quantitative estimate of drug-likeness (QED) is 0.509. The van der Waals surface area contributed by atoms with Crippen molar-refractivity contribution in [2.45, 2.75) is 25.3 Å². The van der Waals surface area contributed by atoms with Crippen LogP contribution in [0.1, 0.15) is 19.8 Å². The number of sulfonamides is 2. The summed E-state index contributed by atoms with van der Waals surface area (Å²) in [5.74, 6) is -0.206. The van der Waals surface area contributed by atoms with Gasteiger partial charge >= 0.3 is 0 Å². The highest BCUT2D eigenvalue weighted by Gasteiger charge is 2.29. The molecule has 0 aromatic carbocycles. The van der Waals surface area contributed by atoms with Crippen LogP contribution in [-0.4, -0.2) is 53.1 Å². The molecule has 9 heteroatoms. The van der Waals surface area contributed by atoms with Crippen molar-refractivity contribution in [3.05, 3.63) is 0 Å². The van der Waals surface area contributed by atoms with Gasteiger partial charge in [-0.3, -0.25) is 0 Å². The van der Waals surface area contributed by atoms with Crippen LogP contribution < -0.4 is 9.44 Å². The molecule has 0 aliphatic heterocycles. The first-order chi connectivity index (χ1) is 7.54. The molecule has 0 heterocycles. The maximum absolute atomic E-state index is 11.3. The Labute approximate surface area is 103 Å². The summed E-state index contributed by atoms with van der Waals surface area (Å²) in [6.45, 7) is 1.34. The molecule has 0 saturated carbocycles. The zero-order valence-corrected chi connectivity index (χ0v) is 11.9. The van der Waals surface area contributed by atoms with Crippen LogP contribution in [0.2, 0.25) is 0 Å². The SMILES string of the molecule is CNS(=O)(=O)CCC(C)(CCO)NS(C)(=O)=O. The molecule has 1 unspecified atom stereocenters. The Bertz CT molecular complexity index is 431. The summed E-state index contributed by atoms with van der Waals surface area (Å²) in [6, 6.07) is 0. The van der Waals surface area contributed by atoms with Gasteiger partial charge in [0.05, 0.1) is 12.0 Å². The standard InChI is InChI=1S/C8H20N2O5S2/c1-8(4-6-11,10-16(3,12)13)5-7-17(14,15)9-2/h9-11H,4-7H2,1-3H3. The zero-order valence-electron chi connectivity index (χ0n) is 10.2. The third-order valence-corrected chi connectivity index (χ3v) is 4.56. The summed E-state index contributed by atoms with van der Waals surface area (Å²) in [4.78, 5) is 0. The van der Waals surface area contributed by atoms with Crippen molar-refractivity contribution in [3.8, 4) is 0 Å². The van der Waals surface area contributed by atoms with Gasteiger partial charge in [0.25, 0.3) is 0 Å². The molecule has 17 heavy (non-hydrogen) atoms. The topological polar surface area (TPSA) is 113 Å². The molecule has 0 aromatic heterocycles. The molecule has 7 nitrogen and oxygen atoms in total. The minimum atomic E-state index is -3.45. The van der Waals surface area contributed by atoms with Gasteiger partial charge < -0.3 is 5.11 Å². The molecule has 104 valence electrons. The molecule has 0 radical (unpaired) electrons. The van der Waals surface area contributed by atoms with Crippen molar-refractivity contribution in [2.24, 2.45) is 0 Å². The molecule has 1 atom stereocenters. The number of rotatable bonds is 8. The minimum Gasteiger partial charge on any atom is -0.396 e. The molecular formula is C8H20N2O5S2. The van der Waals surface area contributed by atoms with Crippen LogP contribution in [0.15, 0.2) is 0 Å². The van der Waals surface area contributed by atoms with E-state index in [1.807, 2.05) is 0 Å². The van der Waals surface area contributed by atoms with Gasteiger partial charge in [-0.2, -0.15) is 0 Å². The van der Waals surface area contributed by atoms with Crippen LogP contribution in [0, 0.1) is 0 Å². The predicted octanol–water partition coefficient (Wildman–Crippen LogP) is -1.38. The van der Waals surface area contributed by atoms with Gasteiger partial charge in [0, 0.05) is 12.1 Å². The molecule has 0 saturated heterocycles. The lowest BCUT2D eigenvalue weighted by Crippen LogP contribution is -2.47. The number of hydrogen-bond acceptors (Lipinski definition) is 5. The van der Waals surface area contributed by atoms with Crippen LogP contribution in [0.25, 0.3) is 0 Å². The highest BCUT2D eigenvalue weighted by molar-refractivity contribution is 7.89. The van der Waals surface area contributed by atoms with Crippen molar-refractivity contribution in [3.63, 3.8) is 0 Å². The molecule has 0 aliphatic rings. The second kappa shape index (κ2) is 6.10. The monoisotopic (exact) mass is 288 g/mol. The Hall–Kier alpha value is -0.220. The van der Waals surface area contributed by atoms with E-state index in [1.165, 1.54) is 7.05 Å². The Morgan fingerprint density at radius 1 is 1.18 bits per heavy atom. The van der Waals surface area contributed by atoms with Gasteiger partial charge in [0.2, 0.25) is 20.0 Å². The van der Waals surface area contributed by atoms with Crippen molar-refractivity contribution >= 4 is 20.0 Å². The molecule has 0 aliphatic carbocycles. The Kier molecular flexibility index (Phi) is 6.02. The summed E-state index contributed by atoms with van der Waals surface area (Å²) < 4.78 is 49.3. The average Bonchev–Trinajstić information content (AvgIpc) is 2.13. The van der Waals surface area contributed by atoms with Gasteiger partial charge in [-0.15, -0.1) is 0 Å². The van der Waals surface area contributed by atoms with Crippen LogP contribution in [0.5, 0.6) is 0 Å². The van der Waals surface area contributed by atoms with E-state index in [1.54, 1.807) is 6.92 Å². The molecule has 0 rings (SSSR count). The molecule has 0 amide bonds. The lowest BCUT2D eigenvalue weighted by molar-refractivity contribution is 0.233. The molecule has 0 bridgehead atoms. The summed E-state index contributed by atoms with van der Waals surface area (Å²) in [6.07, 6.45) is 1.23. The van der Waals surface area contributed by atoms with Crippen molar-refractivity contribution in [1.29, 1.82) is 0 Å². The highest BCUT2D eigenvalue weighted by Crippen LogP contribution is 2.16. The lowest BCUT2D eigenvalue weighted by atomic mass is 9.97. The Balaban J connectivity index is 4.74. The van der Waals surface area contributed by atoms with Crippen LogP contribution in [-0.2, 0) is 20.0 Å². The number of aliphatic hydroxyl groups excluding tert-OH is 1. The fraction of sp³-hybridized carbons (Fsp3) is 1.00. The maximum atomic E-state index is 11.3. The highest BCUT2D eigenvalue weighted by atomic mass is 32.2. The predicted molar refractivity (Wildman–Crippen MR) is 65.6 cm³/mol. The van der Waals surface area contributed by atoms with Crippen molar-refractivity contribution in [2.75, 3.05) is 25.7 Å². The third-order valence-electron chi connectivity index (χ3n) is 2.33.